The van der Waals surface area contributed by atoms with E-state index in [1.165, 1.54) is 5.56 Å². The molecule has 1 aromatic carbocycles. The van der Waals surface area contributed by atoms with Gasteiger partial charge in [-0.3, -0.25) is 0 Å². The van der Waals surface area contributed by atoms with Gasteiger partial charge in [0.2, 0.25) is 0 Å². The Morgan fingerprint density at radius 2 is 1.75 bits per heavy atom. The Balaban J connectivity index is 2.42. The number of hydrogen-bond acceptors (Lipinski definition) is 3. The molecule has 1 aromatic rings. The molecular weight excluding hydrogens is 200 g/mol. The Kier molecular flexibility index (Phi) is 5.90. The van der Waals surface area contributed by atoms with Crippen LogP contribution in [0.15, 0.2) is 24.3 Å². The Labute approximate surface area is 97.8 Å². The van der Waals surface area contributed by atoms with Crippen molar-refractivity contribution < 1.29 is 4.74 Å². The van der Waals surface area contributed by atoms with Crippen molar-refractivity contribution in [1.29, 1.82) is 0 Å². The largest absolute Gasteiger partial charge is 0.494 e. The topological polar surface area (TPSA) is 61.3 Å². The van der Waals surface area contributed by atoms with Crippen LogP contribution in [0.5, 0.6) is 5.75 Å². The number of nitrogens with two attached hydrogens (primary N) is 2. The minimum absolute atomic E-state index is 0.437. The second-order valence-corrected chi connectivity index (χ2v) is 3.95. The maximum Gasteiger partial charge on any atom is 0.119 e. The van der Waals surface area contributed by atoms with Crippen molar-refractivity contribution in [2.24, 2.45) is 17.4 Å². The standard InChI is InChI=1S/C13H22N2O/c1-2-16-13-7-5-11(6-8-13)3-4-12(9-14)10-15/h5-8,12H,2-4,9-10,14-15H2,1H3. The average Bonchev–Trinajstić information content (AvgIpc) is 2.33. The maximum absolute atomic E-state index is 5.61. The molecule has 3 heteroatoms. The number of aryl methyl sites for hydroxylation is 1. The van der Waals surface area contributed by atoms with Crippen molar-refractivity contribution in [3.8, 4) is 5.75 Å². The van der Waals surface area contributed by atoms with E-state index in [-0.39, 0.29) is 0 Å². The van der Waals surface area contributed by atoms with Crippen LogP contribution in [0.25, 0.3) is 0 Å². The van der Waals surface area contributed by atoms with E-state index in [1.54, 1.807) is 0 Å². The first-order chi connectivity index (χ1) is 7.80. The van der Waals surface area contributed by atoms with Gasteiger partial charge in [0.25, 0.3) is 0 Å². The first-order valence-corrected chi connectivity index (χ1v) is 5.92. The third-order valence-electron chi connectivity index (χ3n) is 2.74. The van der Waals surface area contributed by atoms with Crippen molar-refractivity contribution in [2.75, 3.05) is 19.7 Å². The summed E-state index contributed by atoms with van der Waals surface area (Å²) in [5, 5.41) is 0. The van der Waals surface area contributed by atoms with Gasteiger partial charge in [-0.05, 0) is 56.5 Å². The van der Waals surface area contributed by atoms with Crippen molar-refractivity contribution in [3.63, 3.8) is 0 Å². The summed E-state index contributed by atoms with van der Waals surface area (Å²) in [5.41, 5.74) is 12.5. The van der Waals surface area contributed by atoms with Crippen LogP contribution in [0.4, 0.5) is 0 Å². The molecule has 0 amide bonds. The van der Waals surface area contributed by atoms with Crippen molar-refractivity contribution in [3.05, 3.63) is 29.8 Å². The number of benzene rings is 1. The van der Waals surface area contributed by atoms with E-state index in [9.17, 15) is 0 Å². The van der Waals surface area contributed by atoms with Crippen LogP contribution < -0.4 is 16.2 Å². The van der Waals surface area contributed by atoms with Gasteiger partial charge >= 0.3 is 0 Å². The molecule has 0 radical (unpaired) electrons. The molecule has 3 nitrogen and oxygen atoms in total. The molecule has 0 spiro atoms. The van der Waals surface area contributed by atoms with Gasteiger partial charge in [-0.25, -0.2) is 0 Å². The summed E-state index contributed by atoms with van der Waals surface area (Å²) < 4.78 is 5.39. The smallest absolute Gasteiger partial charge is 0.119 e. The lowest BCUT2D eigenvalue weighted by Crippen LogP contribution is -2.23. The fourth-order valence-corrected chi connectivity index (χ4v) is 1.62. The second kappa shape index (κ2) is 7.25. The minimum Gasteiger partial charge on any atom is -0.494 e. The number of rotatable bonds is 7. The van der Waals surface area contributed by atoms with Gasteiger partial charge in [0.15, 0.2) is 0 Å². The SMILES string of the molecule is CCOc1ccc(CCC(CN)CN)cc1. The molecule has 0 saturated carbocycles. The lowest BCUT2D eigenvalue weighted by molar-refractivity contribution is 0.340. The first kappa shape index (κ1) is 13.0. The molecule has 0 unspecified atom stereocenters. The summed E-state index contributed by atoms with van der Waals surface area (Å²) >= 11 is 0. The third-order valence-corrected chi connectivity index (χ3v) is 2.74. The van der Waals surface area contributed by atoms with Gasteiger partial charge < -0.3 is 16.2 Å². The molecule has 16 heavy (non-hydrogen) atoms. The van der Waals surface area contributed by atoms with Crippen LogP contribution in [-0.4, -0.2) is 19.7 Å². The third kappa shape index (κ3) is 4.21. The van der Waals surface area contributed by atoms with Crippen LogP contribution >= 0.6 is 0 Å². The average molecular weight is 222 g/mol. The van der Waals surface area contributed by atoms with Crippen molar-refractivity contribution >= 4 is 0 Å². The lowest BCUT2D eigenvalue weighted by atomic mass is 10.00. The van der Waals surface area contributed by atoms with Crippen LogP contribution in [0.2, 0.25) is 0 Å². The molecule has 1 rings (SSSR count). The van der Waals surface area contributed by atoms with Gasteiger partial charge in [-0.2, -0.15) is 0 Å². The summed E-state index contributed by atoms with van der Waals surface area (Å²) in [7, 11) is 0. The molecule has 0 saturated heterocycles. The molecule has 0 fully saturated rings. The summed E-state index contributed by atoms with van der Waals surface area (Å²) in [4.78, 5) is 0. The van der Waals surface area contributed by atoms with E-state index in [4.69, 9.17) is 16.2 Å². The summed E-state index contributed by atoms with van der Waals surface area (Å²) in [6, 6.07) is 8.24. The zero-order valence-corrected chi connectivity index (χ0v) is 9.99. The Morgan fingerprint density at radius 3 is 2.25 bits per heavy atom. The maximum atomic E-state index is 5.61. The Hall–Kier alpha value is -1.06. The molecule has 0 heterocycles. The second-order valence-electron chi connectivity index (χ2n) is 3.95. The predicted molar refractivity (Wildman–Crippen MR) is 67.5 cm³/mol. The summed E-state index contributed by atoms with van der Waals surface area (Å²) in [5.74, 6) is 1.37. The predicted octanol–water partition coefficient (Wildman–Crippen LogP) is 1.55. The fraction of sp³-hybridized carbons (Fsp3) is 0.538. The normalized spacial score (nSPS) is 10.8. The van der Waals surface area contributed by atoms with E-state index < -0.39 is 0 Å². The number of hydrogen-bond donors (Lipinski definition) is 2. The fourth-order valence-electron chi connectivity index (χ4n) is 1.62. The van der Waals surface area contributed by atoms with E-state index in [1.807, 2.05) is 19.1 Å². The lowest BCUT2D eigenvalue weighted by Gasteiger charge is -2.11. The highest BCUT2D eigenvalue weighted by Gasteiger charge is 2.04. The molecule has 0 aliphatic rings. The van der Waals surface area contributed by atoms with E-state index in [0.717, 1.165) is 18.6 Å². The molecule has 0 atom stereocenters. The quantitative estimate of drug-likeness (QED) is 0.736. The molecule has 0 aliphatic carbocycles. The van der Waals surface area contributed by atoms with Gasteiger partial charge in [0.1, 0.15) is 5.75 Å². The highest BCUT2D eigenvalue weighted by molar-refractivity contribution is 5.27. The van der Waals surface area contributed by atoms with Gasteiger partial charge in [0, 0.05) is 0 Å². The zero-order valence-electron chi connectivity index (χ0n) is 9.99. The van der Waals surface area contributed by atoms with Crippen LogP contribution in [0.3, 0.4) is 0 Å². The van der Waals surface area contributed by atoms with Crippen LogP contribution in [0.1, 0.15) is 18.9 Å². The van der Waals surface area contributed by atoms with Crippen LogP contribution in [-0.2, 0) is 6.42 Å². The molecular formula is C13H22N2O. The number of ether oxygens (including phenoxy) is 1. The Bertz CT molecular complexity index is 280. The van der Waals surface area contributed by atoms with E-state index >= 15 is 0 Å². The Morgan fingerprint density at radius 1 is 1.12 bits per heavy atom. The molecule has 0 bridgehead atoms. The van der Waals surface area contributed by atoms with E-state index in [0.29, 0.717) is 25.6 Å². The highest BCUT2D eigenvalue weighted by Crippen LogP contribution is 2.14. The van der Waals surface area contributed by atoms with Gasteiger partial charge in [0.05, 0.1) is 6.61 Å². The van der Waals surface area contributed by atoms with Gasteiger partial charge in [-0.1, -0.05) is 12.1 Å². The van der Waals surface area contributed by atoms with Crippen LogP contribution in [0, 0.1) is 5.92 Å². The molecule has 0 aliphatic heterocycles. The van der Waals surface area contributed by atoms with Gasteiger partial charge in [-0.15, -0.1) is 0 Å². The monoisotopic (exact) mass is 222 g/mol. The summed E-state index contributed by atoms with van der Waals surface area (Å²) in [6.45, 7) is 4.05. The molecule has 0 aromatic heterocycles. The first-order valence-electron chi connectivity index (χ1n) is 5.92. The van der Waals surface area contributed by atoms with E-state index in [2.05, 4.69) is 12.1 Å². The minimum atomic E-state index is 0.437. The highest BCUT2D eigenvalue weighted by atomic mass is 16.5. The van der Waals surface area contributed by atoms with Crippen molar-refractivity contribution in [2.45, 2.75) is 19.8 Å². The zero-order chi connectivity index (χ0) is 11.8. The van der Waals surface area contributed by atoms with Crippen molar-refractivity contribution in [1.82, 2.24) is 0 Å². The molecule has 4 N–H and O–H groups in total. The molecule has 90 valence electrons. The summed E-state index contributed by atoms with van der Waals surface area (Å²) in [6.07, 6.45) is 2.09.